The summed E-state index contributed by atoms with van der Waals surface area (Å²) in [6, 6.07) is 27.2. The molecule has 0 bridgehead atoms. The third-order valence-electron chi connectivity index (χ3n) is 5.87. The minimum absolute atomic E-state index is 0.252. The van der Waals surface area contributed by atoms with Crippen LogP contribution in [0.15, 0.2) is 116 Å². The van der Waals surface area contributed by atoms with Crippen molar-refractivity contribution in [2.24, 2.45) is 5.10 Å². The fourth-order valence-electron chi connectivity index (χ4n) is 3.92. The normalized spacial score (nSPS) is 11.4. The number of nitrogens with zero attached hydrogens (tertiary/aromatic N) is 3. The van der Waals surface area contributed by atoms with Crippen molar-refractivity contribution in [3.63, 3.8) is 0 Å². The summed E-state index contributed by atoms with van der Waals surface area (Å²) < 4.78 is 13.4. The van der Waals surface area contributed by atoms with Gasteiger partial charge in [0.2, 0.25) is 0 Å². The summed E-state index contributed by atoms with van der Waals surface area (Å²) in [4.78, 5) is 31.0. The van der Waals surface area contributed by atoms with Crippen LogP contribution in [0, 0.1) is 0 Å². The number of hydrogen-bond acceptors (Lipinski definition) is 6. The van der Waals surface area contributed by atoms with E-state index in [4.69, 9.17) is 14.5 Å². The van der Waals surface area contributed by atoms with Crippen molar-refractivity contribution in [3.05, 3.63) is 127 Å². The Balaban J connectivity index is 1.56. The topological polar surface area (TPSA) is 82.8 Å². The molecule has 0 N–H and O–H groups in total. The number of methoxy groups -OCH3 is 1. The van der Waals surface area contributed by atoms with Gasteiger partial charge >= 0.3 is 5.97 Å². The lowest BCUT2D eigenvalue weighted by molar-refractivity contribution is -0.128. The number of benzene rings is 4. The summed E-state index contributed by atoms with van der Waals surface area (Å²) >= 11 is 6.95. The van der Waals surface area contributed by atoms with E-state index in [1.807, 2.05) is 48.5 Å². The smallest absolute Gasteiger partial charge is 0.336 e. The molecule has 0 saturated carbocycles. The van der Waals surface area contributed by atoms with Crippen LogP contribution in [0.3, 0.4) is 0 Å². The molecule has 0 aliphatic rings. The second-order valence-corrected chi connectivity index (χ2v) is 10.3. The Kier molecular flexibility index (Phi) is 8.33. The Morgan fingerprint density at radius 3 is 2.42 bits per heavy atom. The molecule has 0 amide bonds. The minimum Gasteiger partial charge on any atom is -0.497 e. The predicted molar refractivity (Wildman–Crippen MR) is 164 cm³/mol. The number of para-hydroxylation sites is 1. The van der Waals surface area contributed by atoms with E-state index in [0.717, 1.165) is 10.0 Å². The summed E-state index contributed by atoms with van der Waals surface area (Å²) in [7, 11) is 1.58. The molecule has 1 heterocycles. The van der Waals surface area contributed by atoms with Gasteiger partial charge in [-0.2, -0.15) is 9.78 Å². The molecule has 0 aliphatic heterocycles. The molecular weight excluding hydrogens is 638 g/mol. The van der Waals surface area contributed by atoms with Crippen molar-refractivity contribution in [1.29, 1.82) is 0 Å². The number of rotatable bonds is 7. The second kappa shape index (κ2) is 12.2. The lowest BCUT2D eigenvalue weighted by atomic mass is 10.2. The largest absolute Gasteiger partial charge is 0.497 e. The number of carbonyl (C=O) groups excluding carboxylic acids is 1. The highest BCUT2D eigenvalue weighted by Gasteiger charge is 2.15. The molecule has 0 saturated heterocycles. The van der Waals surface area contributed by atoms with E-state index in [2.05, 4.69) is 37.0 Å². The van der Waals surface area contributed by atoms with Gasteiger partial charge in [-0.3, -0.25) is 4.79 Å². The van der Waals surface area contributed by atoms with Crippen molar-refractivity contribution >= 4 is 61.0 Å². The van der Waals surface area contributed by atoms with Crippen LogP contribution in [-0.2, 0) is 4.79 Å². The second-order valence-electron chi connectivity index (χ2n) is 8.51. The molecule has 5 aromatic rings. The molecule has 7 nitrogen and oxygen atoms in total. The number of carbonyl (C=O) groups is 1. The molecule has 0 fully saturated rings. The zero-order chi connectivity index (χ0) is 28.1. The van der Waals surface area contributed by atoms with Gasteiger partial charge < -0.3 is 9.47 Å². The molecule has 0 atom stereocenters. The third-order valence-corrected chi connectivity index (χ3v) is 6.91. The maximum Gasteiger partial charge on any atom is 0.336 e. The fraction of sp³-hybridized carbons (Fsp3) is 0.0323. The first-order valence-electron chi connectivity index (χ1n) is 12.1. The molecule has 198 valence electrons. The highest BCUT2D eigenvalue weighted by Crippen LogP contribution is 2.32. The van der Waals surface area contributed by atoms with Gasteiger partial charge in [-0.05, 0) is 76.1 Å². The van der Waals surface area contributed by atoms with E-state index in [0.29, 0.717) is 38.1 Å². The molecule has 0 unspecified atom stereocenters. The van der Waals surface area contributed by atoms with E-state index in [-0.39, 0.29) is 11.3 Å². The van der Waals surface area contributed by atoms with Crippen LogP contribution in [-0.4, -0.2) is 29.0 Å². The zero-order valence-corrected chi connectivity index (χ0v) is 24.3. The lowest BCUT2D eigenvalue weighted by Gasteiger charge is -2.11. The fourth-order valence-corrected chi connectivity index (χ4v) is 5.26. The Morgan fingerprint density at radius 2 is 1.68 bits per heavy atom. The van der Waals surface area contributed by atoms with Crippen LogP contribution >= 0.6 is 31.9 Å². The van der Waals surface area contributed by atoms with Gasteiger partial charge in [-0.1, -0.05) is 58.4 Å². The highest BCUT2D eigenvalue weighted by molar-refractivity contribution is 9.11. The quantitative estimate of drug-likeness (QED) is 0.0807. The zero-order valence-electron chi connectivity index (χ0n) is 21.1. The third kappa shape index (κ3) is 6.11. The number of halogens is 2. The summed E-state index contributed by atoms with van der Waals surface area (Å²) in [5.74, 6) is 0.710. The molecule has 9 heteroatoms. The standard InChI is InChI=1S/C31H21Br2N3O4/c1-39-24-14-12-21(13-15-24)30-35-27-10-6-5-9-25(27)31(38)36(30)34-19-22-17-23(32)18-26(33)29(22)40-28(37)16-11-20-7-3-2-4-8-20/h2-19H,1H3/b16-11+,34-19?. The molecule has 0 radical (unpaired) electrons. The average Bonchev–Trinajstić information content (AvgIpc) is 2.97. The van der Waals surface area contributed by atoms with Gasteiger partial charge in [-0.15, -0.1) is 0 Å². The number of ether oxygens (including phenoxy) is 2. The molecule has 4 aromatic carbocycles. The van der Waals surface area contributed by atoms with Crippen molar-refractivity contribution in [1.82, 2.24) is 9.66 Å². The minimum atomic E-state index is -0.565. The van der Waals surface area contributed by atoms with E-state index in [1.54, 1.807) is 55.7 Å². The van der Waals surface area contributed by atoms with Gasteiger partial charge in [0.05, 0.1) is 28.7 Å². The van der Waals surface area contributed by atoms with Crippen LogP contribution in [0.2, 0.25) is 0 Å². The lowest BCUT2D eigenvalue weighted by Crippen LogP contribution is -2.20. The number of aromatic nitrogens is 2. The molecule has 1 aromatic heterocycles. The van der Waals surface area contributed by atoms with E-state index in [9.17, 15) is 9.59 Å². The van der Waals surface area contributed by atoms with Crippen LogP contribution in [0.1, 0.15) is 11.1 Å². The Bertz CT molecular complexity index is 1820. The van der Waals surface area contributed by atoms with E-state index < -0.39 is 5.97 Å². The maximum absolute atomic E-state index is 13.6. The Morgan fingerprint density at radius 1 is 0.950 bits per heavy atom. The SMILES string of the molecule is COc1ccc(-c2nc3ccccc3c(=O)n2N=Cc2cc(Br)cc(Br)c2OC(=O)/C=C/c2ccccc2)cc1. The summed E-state index contributed by atoms with van der Waals surface area (Å²) in [6.45, 7) is 0. The van der Waals surface area contributed by atoms with E-state index in [1.165, 1.54) is 17.0 Å². The number of esters is 1. The predicted octanol–water partition coefficient (Wildman–Crippen LogP) is 7.10. The molecule has 40 heavy (non-hydrogen) atoms. The van der Waals surface area contributed by atoms with E-state index >= 15 is 0 Å². The van der Waals surface area contributed by atoms with Crippen molar-refractivity contribution in [2.75, 3.05) is 7.11 Å². The average molecular weight is 659 g/mol. The highest BCUT2D eigenvalue weighted by atomic mass is 79.9. The first kappa shape index (κ1) is 27.2. The van der Waals surface area contributed by atoms with Gasteiger partial charge in [0.25, 0.3) is 5.56 Å². The summed E-state index contributed by atoms with van der Waals surface area (Å²) in [5.41, 5.74) is 2.21. The van der Waals surface area contributed by atoms with Crippen molar-refractivity contribution in [3.8, 4) is 22.9 Å². The van der Waals surface area contributed by atoms with Gasteiger partial charge in [0.15, 0.2) is 11.6 Å². The van der Waals surface area contributed by atoms with Crippen LogP contribution in [0.4, 0.5) is 0 Å². The first-order valence-corrected chi connectivity index (χ1v) is 13.7. The Hall–Kier alpha value is -4.34. The molecule has 0 spiro atoms. The van der Waals surface area contributed by atoms with Crippen LogP contribution in [0.5, 0.6) is 11.5 Å². The number of hydrogen-bond donors (Lipinski definition) is 0. The molecule has 5 rings (SSSR count). The monoisotopic (exact) mass is 657 g/mol. The van der Waals surface area contributed by atoms with Crippen molar-refractivity contribution in [2.45, 2.75) is 0 Å². The van der Waals surface area contributed by atoms with Gasteiger partial charge in [-0.25, -0.2) is 9.78 Å². The molecule has 0 aliphatic carbocycles. The van der Waals surface area contributed by atoms with Gasteiger partial charge in [0, 0.05) is 21.7 Å². The van der Waals surface area contributed by atoms with Crippen LogP contribution < -0.4 is 15.0 Å². The molecular formula is C31H21Br2N3O4. The summed E-state index contributed by atoms with van der Waals surface area (Å²) in [5, 5.41) is 4.94. The summed E-state index contributed by atoms with van der Waals surface area (Å²) in [6.07, 6.45) is 4.48. The number of fused-ring (bicyclic) bond motifs is 1. The van der Waals surface area contributed by atoms with Gasteiger partial charge in [0.1, 0.15) is 5.75 Å². The van der Waals surface area contributed by atoms with Crippen molar-refractivity contribution < 1.29 is 14.3 Å². The Labute approximate surface area is 246 Å². The maximum atomic E-state index is 13.6. The first-order chi connectivity index (χ1) is 19.4. The van der Waals surface area contributed by atoms with Crippen LogP contribution in [0.25, 0.3) is 28.4 Å².